The van der Waals surface area contributed by atoms with Crippen LogP contribution in [0.2, 0.25) is 0 Å². The minimum absolute atomic E-state index is 0.632. The third-order valence-corrected chi connectivity index (χ3v) is 3.74. The van der Waals surface area contributed by atoms with Gasteiger partial charge in [0.15, 0.2) is 0 Å². The zero-order valence-electron chi connectivity index (χ0n) is 7.84. The lowest BCUT2D eigenvalue weighted by atomic mass is 10.1. The minimum atomic E-state index is 0.632. The van der Waals surface area contributed by atoms with Gasteiger partial charge in [0.25, 0.3) is 0 Å². The molecule has 2 nitrogen and oxygen atoms in total. The maximum atomic E-state index is 5.55. The Bertz CT molecular complexity index is 126. The molecule has 0 amide bonds. The monoisotopic (exact) mass is 189 g/mol. The van der Waals surface area contributed by atoms with Crippen molar-refractivity contribution >= 4 is 11.8 Å². The Morgan fingerprint density at radius 1 is 1.50 bits per heavy atom. The van der Waals surface area contributed by atoms with E-state index in [9.17, 15) is 0 Å². The number of methoxy groups -OCH3 is 1. The van der Waals surface area contributed by atoms with Crippen molar-refractivity contribution in [2.24, 2.45) is 11.1 Å². The first-order valence-corrected chi connectivity index (χ1v) is 5.75. The fourth-order valence-corrected chi connectivity index (χ4v) is 2.68. The van der Waals surface area contributed by atoms with Gasteiger partial charge in [0, 0.05) is 12.9 Å². The molecule has 1 aliphatic carbocycles. The summed E-state index contributed by atoms with van der Waals surface area (Å²) in [5, 5.41) is 0. The lowest BCUT2D eigenvalue weighted by molar-refractivity contribution is 0.218. The largest absolute Gasteiger partial charge is 0.384 e. The molecular formula is C9H19NOS. The van der Waals surface area contributed by atoms with Crippen LogP contribution >= 0.6 is 11.8 Å². The zero-order valence-corrected chi connectivity index (χ0v) is 8.66. The van der Waals surface area contributed by atoms with Crippen LogP contribution < -0.4 is 5.73 Å². The van der Waals surface area contributed by atoms with Gasteiger partial charge in [-0.1, -0.05) is 0 Å². The molecule has 0 aliphatic heterocycles. The van der Waals surface area contributed by atoms with E-state index in [0.717, 1.165) is 18.9 Å². The zero-order chi connectivity index (χ0) is 8.86. The average molecular weight is 189 g/mol. The van der Waals surface area contributed by atoms with E-state index in [1.54, 1.807) is 7.11 Å². The van der Waals surface area contributed by atoms with Gasteiger partial charge < -0.3 is 10.5 Å². The maximum absolute atomic E-state index is 5.55. The highest BCUT2D eigenvalue weighted by molar-refractivity contribution is 7.99. The SMILES string of the molecule is COCCSCC1(CCN)CC1. The number of nitrogens with two attached hydrogens (primary N) is 1. The van der Waals surface area contributed by atoms with Crippen molar-refractivity contribution in [3.8, 4) is 0 Å². The molecule has 0 atom stereocenters. The van der Waals surface area contributed by atoms with E-state index in [0.29, 0.717) is 5.41 Å². The number of hydrogen-bond donors (Lipinski definition) is 1. The molecule has 72 valence electrons. The summed E-state index contributed by atoms with van der Waals surface area (Å²) >= 11 is 2.01. The highest BCUT2D eigenvalue weighted by Crippen LogP contribution is 2.50. The Morgan fingerprint density at radius 3 is 2.75 bits per heavy atom. The van der Waals surface area contributed by atoms with Crippen molar-refractivity contribution in [1.29, 1.82) is 0 Å². The van der Waals surface area contributed by atoms with Gasteiger partial charge in [-0.2, -0.15) is 11.8 Å². The summed E-state index contributed by atoms with van der Waals surface area (Å²) in [5.41, 5.74) is 6.18. The quantitative estimate of drug-likeness (QED) is 0.616. The highest BCUT2D eigenvalue weighted by atomic mass is 32.2. The molecule has 0 aromatic carbocycles. The van der Waals surface area contributed by atoms with Crippen LogP contribution in [-0.2, 0) is 4.74 Å². The number of hydrogen-bond acceptors (Lipinski definition) is 3. The molecule has 3 heteroatoms. The Morgan fingerprint density at radius 2 is 2.25 bits per heavy atom. The maximum Gasteiger partial charge on any atom is 0.0552 e. The van der Waals surface area contributed by atoms with Crippen LogP contribution in [0.5, 0.6) is 0 Å². The van der Waals surface area contributed by atoms with Crippen molar-refractivity contribution in [2.45, 2.75) is 19.3 Å². The number of thioether (sulfide) groups is 1. The molecule has 1 aliphatic rings. The van der Waals surface area contributed by atoms with Crippen molar-refractivity contribution in [3.05, 3.63) is 0 Å². The van der Waals surface area contributed by atoms with Crippen molar-refractivity contribution in [2.75, 3.05) is 31.8 Å². The molecule has 0 saturated heterocycles. The van der Waals surface area contributed by atoms with Crippen LogP contribution in [0.1, 0.15) is 19.3 Å². The standard InChI is InChI=1S/C9H19NOS/c1-11-6-7-12-8-9(2-3-9)4-5-10/h2-8,10H2,1H3. The normalized spacial score (nSPS) is 19.5. The summed E-state index contributed by atoms with van der Waals surface area (Å²) in [6, 6.07) is 0. The van der Waals surface area contributed by atoms with E-state index in [2.05, 4.69) is 0 Å². The molecule has 1 fully saturated rings. The Labute approximate surface area is 79.2 Å². The third kappa shape index (κ3) is 3.33. The first kappa shape index (κ1) is 10.4. The van der Waals surface area contributed by atoms with Crippen molar-refractivity contribution in [1.82, 2.24) is 0 Å². The number of rotatable bonds is 7. The van der Waals surface area contributed by atoms with E-state index in [1.165, 1.54) is 25.0 Å². The van der Waals surface area contributed by atoms with E-state index in [1.807, 2.05) is 11.8 Å². The van der Waals surface area contributed by atoms with E-state index in [-0.39, 0.29) is 0 Å². The molecule has 0 unspecified atom stereocenters. The van der Waals surface area contributed by atoms with E-state index >= 15 is 0 Å². The topological polar surface area (TPSA) is 35.2 Å². The van der Waals surface area contributed by atoms with Gasteiger partial charge in [-0.05, 0) is 37.0 Å². The second-order valence-corrected chi connectivity index (χ2v) is 4.69. The molecule has 0 aromatic heterocycles. The number of ether oxygens (including phenoxy) is 1. The average Bonchev–Trinajstić information content (AvgIpc) is 2.81. The summed E-state index contributed by atoms with van der Waals surface area (Å²) in [4.78, 5) is 0. The summed E-state index contributed by atoms with van der Waals surface area (Å²) in [6.07, 6.45) is 4.00. The van der Waals surface area contributed by atoms with Gasteiger partial charge in [0.1, 0.15) is 0 Å². The molecule has 1 rings (SSSR count). The van der Waals surface area contributed by atoms with Crippen LogP contribution in [0.3, 0.4) is 0 Å². The predicted octanol–water partition coefficient (Wildman–Crippen LogP) is 1.49. The molecule has 1 saturated carbocycles. The second-order valence-electron chi connectivity index (χ2n) is 3.58. The first-order valence-electron chi connectivity index (χ1n) is 4.60. The van der Waals surface area contributed by atoms with Gasteiger partial charge in [-0.15, -0.1) is 0 Å². The van der Waals surface area contributed by atoms with Gasteiger partial charge >= 0.3 is 0 Å². The second kappa shape index (κ2) is 5.10. The third-order valence-electron chi connectivity index (χ3n) is 2.47. The van der Waals surface area contributed by atoms with Crippen molar-refractivity contribution in [3.63, 3.8) is 0 Å². The van der Waals surface area contributed by atoms with Gasteiger partial charge in [0.05, 0.1) is 6.61 Å². The summed E-state index contributed by atoms with van der Waals surface area (Å²) in [6.45, 7) is 1.73. The first-order chi connectivity index (χ1) is 5.83. The Balaban J connectivity index is 1.98. The molecule has 0 aromatic rings. The lowest BCUT2D eigenvalue weighted by Gasteiger charge is -2.12. The fourth-order valence-electron chi connectivity index (χ4n) is 1.38. The molecule has 0 bridgehead atoms. The fraction of sp³-hybridized carbons (Fsp3) is 1.00. The van der Waals surface area contributed by atoms with Crippen LogP contribution in [0.4, 0.5) is 0 Å². The van der Waals surface area contributed by atoms with Crippen LogP contribution in [0.15, 0.2) is 0 Å². The van der Waals surface area contributed by atoms with Gasteiger partial charge in [0.2, 0.25) is 0 Å². The Kier molecular flexibility index (Phi) is 4.40. The van der Waals surface area contributed by atoms with Crippen LogP contribution in [0.25, 0.3) is 0 Å². The van der Waals surface area contributed by atoms with Crippen molar-refractivity contribution < 1.29 is 4.74 Å². The van der Waals surface area contributed by atoms with Crippen LogP contribution in [-0.4, -0.2) is 31.8 Å². The Hall–Kier alpha value is 0.270. The predicted molar refractivity (Wildman–Crippen MR) is 54.5 cm³/mol. The van der Waals surface area contributed by atoms with Gasteiger partial charge in [-0.25, -0.2) is 0 Å². The summed E-state index contributed by atoms with van der Waals surface area (Å²) < 4.78 is 4.99. The van der Waals surface area contributed by atoms with E-state index < -0.39 is 0 Å². The molecule has 0 radical (unpaired) electrons. The van der Waals surface area contributed by atoms with E-state index in [4.69, 9.17) is 10.5 Å². The minimum Gasteiger partial charge on any atom is -0.384 e. The molecular weight excluding hydrogens is 170 g/mol. The van der Waals surface area contributed by atoms with Crippen LogP contribution in [0, 0.1) is 5.41 Å². The highest BCUT2D eigenvalue weighted by Gasteiger charge is 2.40. The molecule has 12 heavy (non-hydrogen) atoms. The lowest BCUT2D eigenvalue weighted by Crippen LogP contribution is -2.12. The molecule has 0 spiro atoms. The van der Waals surface area contributed by atoms with Gasteiger partial charge in [-0.3, -0.25) is 0 Å². The molecule has 0 heterocycles. The molecule has 2 N–H and O–H groups in total. The summed E-state index contributed by atoms with van der Waals surface area (Å²) in [5.74, 6) is 2.41. The summed E-state index contributed by atoms with van der Waals surface area (Å²) in [7, 11) is 1.76. The smallest absolute Gasteiger partial charge is 0.0552 e.